The van der Waals surface area contributed by atoms with Crippen molar-refractivity contribution in [3.63, 3.8) is 0 Å². The summed E-state index contributed by atoms with van der Waals surface area (Å²) in [6.45, 7) is -1.88. The van der Waals surface area contributed by atoms with Gasteiger partial charge in [0.1, 0.15) is 30.5 Å². The number of aliphatic hydroxyl groups is 6. The van der Waals surface area contributed by atoms with Crippen LogP contribution in [0.2, 0.25) is 0 Å². The Hall–Kier alpha value is -0.840. The molecule has 0 rings (SSSR count). The average molecular weight is 241 g/mol. The molecular weight excluding hydrogens is 226 g/mol. The van der Waals surface area contributed by atoms with Gasteiger partial charge in [0.15, 0.2) is 0 Å². The highest BCUT2D eigenvalue weighted by Gasteiger charge is 2.35. The van der Waals surface area contributed by atoms with E-state index in [0.717, 1.165) is 0 Å². The van der Waals surface area contributed by atoms with Crippen molar-refractivity contribution >= 4 is 0 Å². The van der Waals surface area contributed by atoms with E-state index in [2.05, 4.69) is 0 Å². The van der Waals surface area contributed by atoms with Crippen LogP contribution in [0, 0.1) is 10.1 Å². The highest BCUT2D eigenvalue weighted by Crippen LogP contribution is 2.08. The molecule has 0 unspecified atom stereocenters. The van der Waals surface area contributed by atoms with Gasteiger partial charge in [-0.15, -0.1) is 0 Å². The van der Waals surface area contributed by atoms with Gasteiger partial charge in [-0.25, -0.2) is 0 Å². The molecule has 0 fully saturated rings. The van der Waals surface area contributed by atoms with Crippen molar-refractivity contribution in [1.82, 2.24) is 0 Å². The summed E-state index contributed by atoms with van der Waals surface area (Å²) < 4.78 is 0. The van der Waals surface area contributed by atoms with Crippen LogP contribution in [0.1, 0.15) is 0 Å². The summed E-state index contributed by atoms with van der Waals surface area (Å²) in [5.41, 5.74) is 0. The van der Waals surface area contributed by atoms with Crippen molar-refractivity contribution in [2.45, 2.75) is 30.5 Å². The molecule has 0 aliphatic rings. The molecule has 0 spiro atoms. The maximum Gasteiger partial charge on any atom is 0.232 e. The molecule has 0 bridgehead atoms. The number of aliphatic hydroxyl groups excluding tert-OH is 6. The van der Waals surface area contributed by atoms with Crippen LogP contribution in [0.4, 0.5) is 0 Å². The van der Waals surface area contributed by atoms with Gasteiger partial charge in [0.05, 0.1) is 6.61 Å². The third-order valence-corrected chi connectivity index (χ3v) is 2.01. The fourth-order valence-electron chi connectivity index (χ4n) is 1.03. The summed E-state index contributed by atoms with van der Waals surface area (Å²) in [7, 11) is 0. The Kier molecular flexibility index (Phi) is 6.33. The predicted molar refractivity (Wildman–Crippen MR) is 49.0 cm³/mol. The van der Waals surface area contributed by atoms with E-state index >= 15 is 0 Å². The van der Waals surface area contributed by atoms with E-state index < -0.39 is 48.6 Å². The first-order valence-electron chi connectivity index (χ1n) is 4.44. The zero-order valence-electron chi connectivity index (χ0n) is 8.25. The second-order valence-corrected chi connectivity index (χ2v) is 3.30. The van der Waals surface area contributed by atoms with E-state index in [1.807, 2.05) is 0 Å². The monoisotopic (exact) mass is 241 g/mol. The molecule has 96 valence electrons. The zero-order chi connectivity index (χ0) is 12.9. The summed E-state index contributed by atoms with van der Waals surface area (Å²) in [5, 5.41) is 64.0. The van der Waals surface area contributed by atoms with Crippen LogP contribution in [-0.4, -0.2) is 79.2 Å². The molecule has 6 N–H and O–H groups in total. The molecule has 9 heteroatoms. The van der Waals surface area contributed by atoms with Crippen molar-refractivity contribution in [3.05, 3.63) is 10.1 Å². The summed E-state index contributed by atoms with van der Waals surface area (Å²) >= 11 is 0. The van der Waals surface area contributed by atoms with Crippen LogP contribution in [0.25, 0.3) is 0 Å². The van der Waals surface area contributed by atoms with Gasteiger partial charge in [0.25, 0.3) is 0 Å². The van der Waals surface area contributed by atoms with Crippen LogP contribution in [0.3, 0.4) is 0 Å². The fraction of sp³-hybridized carbons (Fsp3) is 1.00. The van der Waals surface area contributed by atoms with Gasteiger partial charge in [-0.2, -0.15) is 0 Å². The lowest BCUT2D eigenvalue weighted by Gasteiger charge is -2.26. The molecule has 0 aliphatic carbocycles. The number of rotatable bonds is 7. The first kappa shape index (κ1) is 15.2. The largest absolute Gasteiger partial charge is 0.394 e. The highest BCUT2D eigenvalue weighted by molar-refractivity contribution is 4.84. The van der Waals surface area contributed by atoms with E-state index in [1.54, 1.807) is 0 Å². The Morgan fingerprint density at radius 3 is 1.75 bits per heavy atom. The van der Waals surface area contributed by atoms with Gasteiger partial charge in [0, 0.05) is 4.92 Å². The lowest BCUT2D eigenvalue weighted by molar-refractivity contribution is -0.493. The standard InChI is InChI=1S/C7H15NO8/c9-2-4(11)6(13)7(14)5(12)3(10)1-8(15)16/h3-7,9-14H,1-2H2/t3-,4+,5+,6+,7+/m0/s1. The lowest BCUT2D eigenvalue weighted by atomic mass is 9.99. The molecule has 5 atom stereocenters. The molecule has 0 aliphatic heterocycles. The molecular formula is C7H15NO8. The van der Waals surface area contributed by atoms with E-state index in [-0.39, 0.29) is 0 Å². The molecule has 9 nitrogen and oxygen atoms in total. The first-order valence-corrected chi connectivity index (χ1v) is 4.44. The van der Waals surface area contributed by atoms with Gasteiger partial charge >= 0.3 is 0 Å². The Balaban J connectivity index is 4.35. The number of nitro groups is 1. The van der Waals surface area contributed by atoms with Crippen molar-refractivity contribution < 1.29 is 35.6 Å². The third kappa shape index (κ3) is 4.35. The normalized spacial score (nSPS) is 20.9. The molecule has 0 saturated heterocycles. The lowest BCUT2D eigenvalue weighted by Crippen LogP contribution is -2.51. The predicted octanol–water partition coefficient (Wildman–Crippen LogP) is -3.94. The molecule has 0 aromatic carbocycles. The molecule has 0 radical (unpaired) electrons. The topological polar surface area (TPSA) is 165 Å². The molecule has 16 heavy (non-hydrogen) atoms. The average Bonchev–Trinajstić information content (AvgIpc) is 2.23. The number of hydrogen-bond donors (Lipinski definition) is 6. The van der Waals surface area contributed by atoms with Crippen LogP contribution >= 0.6 is 0 Å². The van der Waals surface area contributed by atoms with Crippen molar-refractivity contribution in [2.75, 3.05) is 13.2 Å². The third-order valence-electron chi connectivity index (χ3n) is 2.01. The first-order chi connectivity index (χ1) is 7.31. The van der Waals surface area contributed by atoms with Crippen LogP contribution in [-0.2, 0) is 0 Å². The van der Waals surface area contributed by atoms with E-state index in [9.17, 15) is 20.3 Å². The minimum Gasteiger partial charge on any atom is -0.394 e. The van der Waals surface area contributed by atoms with E-state index in [4.69, 9.17) is 20.4 Å². The second kappa shape index (κ2) is 6.68. The summed E-state index contributed by atoms with van der Waals surface area (Å²) in [6, 6.07) is 0. The molecule has 0 aromatic rings. The maximum atomic E-state index is 10.00. The van der Waals surface area contributed by atoms with Gasteiger partial charge in [-0.3, -0.25) is 10.1 Å². The van der Waals surface area contributed by atoms with Gasteiger partial charge in [-0.1, -0.05) is 0 Å². The van der Waals surface area contributed by atoms with Crippen molar-refractivity contribution in [1.29, 1.82) is 0 Å². The molecule has 0 amide bonds. The fourth-order valence-corrected chi connectivity index (χ4v) is 1.03. The summed E-state index contributed by atoms with van der Waals surface area (Å²) in [4.78, 5) is 9.09. The van der Waals surface area contributed by atoms with Crippen LogP contribution in [0.15, 0.2) is 0 Å². The van der Waals surface area contributed by atoms with Gasteiger partial charge < -0.3 is 30.6 Å². The van der Waals surface area contributed by atoms with Gasteiger partial charge in [-0.05, 0) is 0 Å². The second-order valence-electron chi connectivity index (χ2n) is 3.30. The van der Waals surface area contributed by atoms with E-state index in [1.165, 1.54) is 0 Å². The molecule has 0 aromatic heterocycles. The zero-order valence-corrected chi connectivity index (χ0v) is 8.25. The Morgan fingerprint density at radius 1 is 0.938 bits per heavy atom. The van der Waals surface area contributed by atoms with Crippen molar-refractivity contribution in [3.8, 4) is 0 Å². The number of nitrogens with zero attached hydrogens (tertiary/aromatic N) is 1. The number of hydrogen-bond acceptors (Lipinski definition) is 8. The Bertz CT molecular complexity index is 224. The highest BCUT2D eigenvalue weighted by atomic mass is 16.6. The Labute approximate surface area is 90.3 Å². The molecule has 0 heterocycles. The quantitative estimate of drug-likeness (QED) is 0.194. The van der Waals surface area contributed by atoms with Gasteiger partial charge in [0.2, 0.25) is 6.54 Å². The van der Waals surface area contributed by atoms with Crippen LogP contribution < -0.4 is 0 Å². The van der Waals surface area contributed by atoms with Crippen molar-refractivity contribution in [2.24, 2.45) is 0 Å². The summed E-state index contributed by atoms with van der Waals surface area (Å²) in [5.74, 6) is 0. The SMILES string of the molecule is O=[N+]([O-])C[C@H](O)[C@@H](O)[C@@H](O)[C@H](O)[C@H](O)CO. The minimum atomic E-state index is -2.00. The molecule has 0 saturated carbocycles. The van der Waals surface area contributed by atoms with E-state index in [0.29, 0.717) is 0 Å². The Morgan fingerprint density at radius 2 is 1.38 bits per heavy atom. The smallest absolute Gasteiger partial charge is 0.232 e. The maximum absolute atomic E-state index is 10.00. The summed E-state index contributed by atoms with van der Waals surface area (Å²) in [6.07, 6.45) is -9.52. The van der Waals surface area contributed by atoms with Crippen LogP contribution in [0.5, 0.6) is 0 Å². The minimum absolute atomic E-state index is 0.865.